The minimum atomic E-state index is -0.186. The van der Waals surface area contributed by atoms with Crippen LogP contribution < -0.4 is 16.0 Å². The molecule has 0 bridgehead atoms. The number of phenols is 1. The van der Waals surface area contributed by atoms with Gasteiger partial charge < -0.3 is 26.0 Å². The van der Waals surface area contributed by atoms with Crippen LogP contribution in [-0.2, 0) is 4.79 Å². The highest BCUT2D eigenvalue weighted by Crippen LogP contribution is 2.26. The second-order valence-electron chi connectivity index (χ2n) is 8.42. The predicted octanol–water partition coefficient (Wildman–Crippen LogP) is 5.75. The van der Waals surface area contributed by atoms with E-state index in [2.05, 4.69) is 45.0 Å². The molecule has 8 heteroatoms. The number of aromatic hydroxyl groups is 1. The molecule has 2 amide bonds. The summed E-state index contributed by atoms with van der Waals surface area (Å²) in [5.74, 6) is 0.609. The Labute approximate surface area is 227 Å². The molecule has 0 spiro atoms. The van der Waals surface area contributed by atoms with Crippen LogP contribution >= 0.6 is 15.9 Å². The lowest BCUT2D eigenvalue weighted by atomic mass is 10.1. The van der Waals surface area contributed by atoms with Crippen LogP contribution in [0.4, 0.5) is 5.69 Å². The molecule has 7 nitrogen and oxygen atoms in total. The number of nitrogens with one attached hydrogen (secondary N) is 3. The van der Waals surface area contributed by atoms with Crippen molar-refractivity contribution >= 4 is 39.0 Å². The summed E-state index contributed by atoms with van der Waals surface area (Å²) in [6, 6.07) is 13.9. The van der Waals surface area contributed by atoms with Gasteiger partial charge in [0.25, 0.3) is 5.91 Å². The molecule has 0 heterocycles. The number of anilines is 1. The Bertz CT molecular complexity index is 1200. The number of amides is 2. The fourth-order valence-corrected chi connectivity index (χ4v) is 3.72. The number of phenolic OH excluding ortho intramolecular Hbond substituents is 1. The molecular weight excluding hydrogens is 532 g/mol. The third-order valence-electron chi connectivity index (χ3n) is 5.59. The smallest absolute Gasteiger partial charge is 0.251 e. The molecule has 0 aliphatic rings. The highest BCUT2D eigenvalue weighted by molar-refractivity contribution is 9.11. The number of benzene rings is 2. The van der Waals surface area contributed by atoms with E-state index in [4.69, 9.17) is 0 Å². The van der Waals surface area contributed by atoms with E-state index in [9.17, 15) is 14.7 Å². The molecule has 0 saturated carbocycles. The maximum absolute atomic E-state index is 12.5. The van der Waals surface area contributed by atoms with E-state index in [0.29, 0.717) is 35.5 Å². The van der Waals surface area contributed by atoms with Crippen LogP contribution in [0, 0.1) is 0 Å². The van der Waals surface area contributed by atoms with E-state index in [1.807, 2.05) is 37.1 Å². The lowest BCUT2D eigenvalue weighted by Gasteiger charge is -2.26. The fraction of sp³-hybridized carbons (Fsp3) is 0.241. The van der Waals surface area contributed by atoms with Crippen molar-refractivity contribution in [1.29, 1.82) is 0 Å². The topological polar surface area (TPSA) is 93.7 Å². The van der Waals surface area contributed by atoms with Crippen LogP contribution in [0.15, 0.2) is 89.8 Å². The Morgan fingerprint density at radius 2 is 1.73 bits per heavy atom. The maximum atomic E-state index is 12.5. The third-order valence-corrected chi connectivity index (χ3v) is 6.49. The zero-order valence-corrected chi connectivity index (χ0v) is 23.2. The largest absolute Gasteiger partial charge is 0.507 e. The Kier molecular flexibility index (Phi) is 11.7. The lowest BCUT2D eigenvalue weighted by Crippen LogP contribution is -2.29. The SMILES string of the molecule is C=C/C(Br)=C(/C)N(C)/C(=C\C(=C)c1ccccc1O)NCCCCNC(=O)c1cccc(NC(C)=O)c1. The van der Waals surface area contributed by atoms with E-state index in [0.717, 1.165) is 28.8 Å². The average Bonchev–Trinajstić information content (AvgIpc) is 2.88. The summed E-state index contributed by atoms with van der Waals surface area (Å²) in [6.45, 7) is 12.5. The highest BCUT2D eigenvalue weighted by Gasteiger charge is 2.11. The van der Waals surface area contributed by atoms with Crippen LogP contribution in [0.1, 0.15) is 42.6 Å². The fourth-order valence-electron chi connectivity index (χ4n) is 3.45. The minimum absolute atomic E-state index is 0.170. The molecule has 0 aliphatic carbocycles. The summed E-state index contributed by atoms with van der Waals surface area (Å²) in [5.41, 5.74) is 3.36. The van der Waals surface area contributed by atoms with Crippen LogP contribution in [0.5, 0.6) is 5.75 Å². The Morgan fingerprint density at radius 3 is 2.38 bits per heavy atom. The zero-order chi connectivity index (χ0) is 27.4. The zero-order valence-electron chi connectivity index (χ0n) is 21.6. The highest BCUT2D eigenvalue weighted by atomic mass is 79.9. The minimum Gasteiger partial charge on any atom is -0.507 e. The van der Waals surface area contributed by atoms with Crippen molar-refractivity contribution in [3.63, 3.8) is 0 Å². The Balaban J connectivity index is 1.97. The van der Waals surface area contributed by atoms with Crippen LogP contribution in [0.2, 0.25) is 0 Å². The molecule has 2 aromatic rings. The number of carbonyl (C=O) groups excluding carboxylic acids is 2. The van der Waals surface area contributed by atoms with Gasteiger partial charge in [-0.25, -0.2) is 0 Å². The third kappa shape index (κ3) is 9.31. The van der Waals surface area contributed by atoms with E-state index in [1.54, 1.807) is 42.5 Å². The van der Waals surface area contributed by atoms with Crippen LogP contribution in [0.25, 0.3) is 5.57 Å². The standard InChI is InChI=1S/C29H35BrN4O3/c1-6-26(30)21(3)34(5)28(18-20(2)25-14-7-8-15-27(25)36)31-16-9-10-17-32-29(37)23-12-11-13-24(19-23)33-22(4)35/h6-8,11-15,18-19,31,36H,1-2,9-10,16-17H2,3-5H3,(H,32,37)(H,33,35)/b26-21+,28-18-. The van der Waals surface area contributed by atoms with E-state index < -0.39 is 0 Å². The predicted molar refractivity (Wildman–Crippen MR) is 155 cm³/mol. The van der Waals surface area contributed by atoms with Gasteiger partial charge in [-0.3, -0.25) is 9.59 Å². The lowest BCUT2D eigenvalue weighted by molar-refractivity contribution is -0.114. The number of rotatable bonds is 13. The van der Waals surface area contributed by atoms with Crippen LogP contribution in [0.3, 0.4) is 0 Å². The summed E-state index contributed by atoms with van der Waals surface area (Å²) < 4.78 is 0.862. The molecule has 0 atom stereocenters. The summed E-state index contributed by atoms with van der Waals surface area (Å²) in [7, 11) is 1.94. The summed E-state index contributed by atoms with van der Waals surface area (Å²) in [5, 5.41) is 19.3. The molecule has 0 unspecified atom stereocenters. The number of nitrogens with zero attached hydrogens (tertiary/aromatic N) is 1. The maximum Gasteiger partial charge on any atom is 0.251 e. The molecular formula is C29H35BrN4O3. The van der Waals surface area contributed by atoms with Gasteiger partial charge >= 0.3 is 0 Å². The molecule has 196 valence electrons. The first-order chi connectivity index (χ1) is 17.6. The van der Waals surface area contributed by atoms with Gasteiger partial charge in [-0.05, 0) is 71.6 Å². The van der Waals surface area contributed by atoms with Crippen molar-refractivity contribution in [3.8, 4) is 5.75 Å². The van der Waals surface area contributed by atoms with Gasteiger partial charge in [0.15, 0.2) is 0 Å². The molecule has 0 saturated heterocycles. The van der Waals surface area contributed by atoms with Crippen molar-refractivity contribution in [1.82, 2.24) is 15.5 Å². The Morgan fingerprint density at radius 1 is 1.05 bits per heavy atom. The Hall–Kier alpha value is -3.78. The molecule has 37 heavy (non-hydrogen) atoms. The molecule has 0 aromatic heterocycles. The quantitative estimate of drug-likeness (QED) is 0.183. The first-order valence-electron chi connectivity index (χ1n) is 11.9. The summed E-state index contributed by atoms with van der Waals surface area (Å²) in [4.78, 5) is 25.7. The number of para-hydroxylation sites is 1. The van der Waals surface area contributed by atoms with E-state index in [1.165, 1.54) is 6.92 Å². The van der Waals surface area contributed by atoms with Gasteiger partial charge in [0.05, 0.1) is 0 Å². The van der Waals surface area contributed by atoms with Crippen molar-refractivity contribution in [2.75, 3.05) is 25.5 Å². The normalized spacial score (nSPS) is 11.7. The molecule has 0 aliphatic heterocycles. The number of carbonyl (C=O) groups is 2. The molecule has 2 rings (SSSR count). The van der Waals surface area contributed by atoms with Gasteiger partial charge in [0.1, 0.15) is 11.6 Å². The van der Waals surface area contributed by atoms with Crippen molar-refractivity contribution < 1.29 is 14.7 Å². The first kappa shape index (κ1) is 29.5. The molecule has 0 radical (unpaired) electrons. The number of hydrogen-bond donors (Lipinski definition) is 4. The van der Waals surface area contributed by atoms with E-state index >= 15 is 0 Å². The first-order valence-corrected chi connectivity index (χ1v) is 12.7. The van der Waals surface area contributed by atoms with Gasteiger partial charge in [-0.2, -0.15) is 0 Å². The number of hydrogen-bond acceptors (Lipinski definition) is 5. The van der Waals surface area contributed by atoms with Crippen molar-refractivity contribution in [3.05, 3.63) is 101 Å². The molecule has 4 N–H and O–H groups in total. The van der Waals surface area contributed by atoms with E-state index in [-0.39, 0.29) is 17.6 Å². The number of halogens is 1. The second kappa shape index (κ2) is 14.7. The molecule has 0 fully saturated rings. The van der Waals surface area contributed by atoms with Crippen molar-refractivity contribution in [2.24, 2.45) is 0 Å². The van der Waals surface area contributed by atoms with Gasteiger partial charge in [0, 0.05) is 54.1 Å². The van der Waals surface area contributed by atoms with Gasteiger partial charge in [0.2, 0.25) is 5.91 Å². The molecule has 2 aromatic carbocycles. The summed E-state index contributed by atoms with van der Waals surface area (Å²) >= 11 is 3.53. The van der Waals surface area contributed by atoms with Crippen molar-refractivity contribution in [2.45, 2.75) is 26.7 Å². The second-order valence-corrected chi connectivity index (χ2v) is 9.27. The average molecular weight is 568 g/mol. The van der Waals surface area contributed by atoms with Crippen LogP contribution in [-0.4, -0.2) is 42.0 Å². The summed E-state index contributed by atoms with van der Waals surface area (Å²) in [6.07, 6.45) is 5.21. The number of unbranched alkanes of at least 4 members (excludes halogenated alkanes) is 1. The monoisotopic (exact) mass is 566 g/mol. The van der Waals surface area contributed by atoms with Gasteiger partial charge in [-0.15, -0.1) is 0 Å². The van der Waals surface area contributed by atoms with Gasteiger partial charge in [-0.1, -0.05) is 43.5 Å². The number of allylic oxidation sites excluding steroid dienone is 5.